The SMILES string of the molecule is CCCOc1cccc(C(=O)NC2CCNCC2C)c1. The van der Waals surface area contributed by atoms with Gasteiger partial charge < -0.3 is 15.4 Å². The fourth-order valence-corrected chi connectivity index (χ4v) is 2.43. The minimum atomic E-state index is -0.00861. The number of hydrogen-bond donors (Lipinski definition) is 2. The van der Waals surface area contributed by atoms with Gasteiger partial charge in [-0.15, -0.1) is 0 Å². The Hall–Kier alpha value is -1.55. The minimum Gasteiger partial charge on any atom is -0.494 e. The number of benzene rings is 1. The highest BCUT2D eigenvalue weighted by atomic mass is 16.5. The van der Waals surface area contributed by atoms with Crippen LogP contribution in [-0.2, 0) is 0 Å². The first-order chi connectivity index (χ1) is 9.70. The zero-order valence-electron chi connectivity index (χ0n) is 12.3. The Labute approximate surface area is 120 Å². The van der Waals surface area contributed by atoms with Crippen LogP contribution in [0.5, 0.6) is 5.75 Å². The second-order valence-electron chi connectivity index (χ2n) is 5.43. The lowest BCUT2D eigenvalue weighted by Gasteiger charge is -2.30. The molecule has 2 N–H and O–H groups in total. The number of rotatable bonds is 5. The quantitative estimate of drug-likeness (QED) is 0.867. The molecule has 0 saturated carbocycles. The van der Waals surface area contributed by atoms with E-state index in [1.54, 1.807) is 0 Å². The molecule has 1 aromatic carbocycles. The molecular weight excluding hydrogens is 252 g/mol. The Morgan fingerprint density at radius 3 is 3.10 bits per heavy atom. The number of ether oxygens (including phenoxy) is 1. The first-order valence-corrected chi connectivity index (χ1v) is 7.45. The van der Waals surface area contributed by atoms with Crippen molar-refractivity contribution in [2.24, 2.45) is 5.92 Å². The van der Waals surface area contributed by atoms with Gasteiger partial charge in [-0.1, -0.05) is 19.9 Å². The average molecular weight is 276 g/mol. The number of carbonyl (C=O) groups is 1. The van der Waals surface area contributed by atoms with Crippen molar-refractivity contribution >= 4 is 5.91 Å². The van der Waals surface area contributed by atoms with Gasteiger partial charge in [-0.2, -0.15) is 0 Å². The minimum absolute atomic E-state index is 0.00861. The highest BCUT2D eigenvalue weighted by molar-refractivity contribution is 5.94. The van der Waals surface area contributed by atoms with Crippen molar-refractivity contribution < 1.29 is 9.53 Å². The second kappa shape index (κ2) is 7.29. The van der Waals surface area contributed by atoms with Gasteiger partial charge in [-0.05, 0) is 50.0 Å². The van der Waals surface area contributed by atoms with Crippen LogP contribution in [0.4, 0.5) is 0 Å². The van der Waals surface area contributed by atoms with Crippen LogP contribution in [0.1, 0.15) is 37.0 Å². The summed E-state index contributed by atoms with van der Waals surface area (Å²) in [7, 11) is 0. The van der Waals surface area contributed by atoms with Gasteiger partial charge in [0.15, 0.2) is 0 Å². The van der Waals surface area contributed by atoms with Gasteiger partial charge in [0, 0.05) is 11.6 Å². The summed E-state index contributed by atoms with van der Waals surface area (Å²) in [4.78, 5) is 12.3. The van der Waals surface area contributed by atoms with Crippen molar-refractivity contribution in [2.75, 3.05) is 19.7 Å². The van der Waals surface area contributed by atoms with Crippen LogP contribution in [0, 0.1) is 5.92 Å². The van der Waals surface area contributed by atoms with E-state index in [2.05, 4.69) is 24.5 Å². The molecule has 1 aliphatic rings. The summed E-state index contributed by atoms with van der Waals surface area (Å²) in [6, 6.07) is 7.66. The van der Waals surface area contributed by atoms with Gasteiger partial charge in [0.2, 0.25) is 0 Å². The van der Waals surface area contributed by atoms with E-state index < -0.39 is 0 Å². The summed E-state index contributed by atoms with van der Waals surface area (Å²) in [5.74, 6) is 1.22. The van der Waals surface area contributed by atoms with Gasteiger partial charge in [0.25, 0.3) is 5.91 Å². The molecule has 20 heavy (non-hydrogen) atoms. The molecule has 4 nitrogen and oxygen atoms in total. The zero-order valence-corrected chi connectivity index (χ0v) is 12.3. The Bertz CT molecular complexity index is 448. The maximum absolute atomic E-state index is 12.3. The molecule has 0 aromatic heterocycles. The predicted molar refractivity (Wildman–Crippen MR) is 80.1 cm³/mol. The maximum atomic E-state index is 12.3. The molecular formula is C16H24N2O2. The predicted octanol–water partition coefficient (Wildman–Crippen LogP) is 2.20. The average Bonchev–Trinajstić information content (AvgIpc) is 2.48. The molecule has 1 saturated heterocycles. The van der Waals surface area contributed by atoms with Crippen LogP contribution in [0.3, 0.4) is 0 Å². The zero-order chi connectivity index (χ0) is 14.4. The molecule has 1 aliphatic heterocycles. The van der Waals surface area contributed by atoms with E-state index in [1.807, 2.05) is 24.3 Å². The van der Waals surface area contributed by atoms with Gasteiger partial charge in [-0.25, -0.2) is 0 Å². The third kappa shape index (κ3) is 3.97. The smallest absolute Gasteiger partial charge is 0.251 e. The van der Waals surface area contributed by atoms with E-state index in [9.17, 15) is 4.79 Å². The van der Waals surface area contributed by atoms with E-state index in [4.69, 9.17) is 4.74 Å². The maximum Gasteiger partial charge on any atom is 0.251 e. The lowest BCUT2D eigenvalue weighted by molar-refractivity contribution is 0.0913. The third-order valence-electron chi connectivity index (χ3n) is 3.67. The number of piperidine rings is 1. The van der Waals surface area contributed by atoms with E-state index >= 15 is 0 Å². The molecule has 0 bridgehead atoms. The molecule has 0 radical (unpaired) electrons. The summed E-state index contributed by atoms with van der Waals surface area (Å²) in [5.41, 5.74) is 0.671. The highest BCUT2D eigenvalue weighted by Crippen LogP contribution is 2.15. The molecule has 1 amide bonds. The van der Waals surface area contributed by atoms with Crippen molar-refractivity contribution in [1.82, 2.24) is 10.6 Å². The standard InChI is InChI=1S/C16H24N2O2/c1-3-9-20-14-6-4-5-13(10-14)16(19)18-15-7-8-17-11-12(15)2/h4-6,10,12,15,17H,3,7-9,11H2,1-2H3,(H,18,19). The monoisotopic (exact) mass is 276 g/mol. The van der Waals surface area contributed by atoms with Crippen LogP contribution in [0.15, 0.2) is 24.3 Å². The normalized spacial score (nSPS) is 22.3. The Balaban J connectivity index is 1.97. The van der Waals surface area contributed by atoms with Crippen LogP contribution in [0.2, 0.25) is 0 Å². The van der Waals surface area contributed by atoms with Crippen molar-refractivity contribution in [3.8, 4) is 5.75 Å². The van der Waals surface area contributed by atoms with Gasteiger partial charge in [-0.3, -0.25) is 4.79 Å². The van der Waals surface area contributed by atoms with Crippen molar-refractivity contribution in [3.05, 3.63) is 29.8 Å². The Morgan fingerprint density at radius 1 is 1.50 bits per heavy atom. The van der Waals surface area contributed by atoms with Crippen LogP contribution >= 0.6 is 0 Å². The molecule has 110 valence electrons. The fourth-order valence-electron chi connectivity index (χ4n) is 2.43. The van der Waals surface area contributed by atoms with E-state index in [1.165, 1.54) is 0 Å². The summed E-state index contributed by atoms with van der Waals surface area (Å²) in [6.45, 7) is 6.84. The second-order valence-corrected chi connectivity index (χ2v) is 5.43. The Kier molecular flexibility index (Phi) is 5.41. The fraction of sp³-hybridized carbons (Fsp3) is 0.562. The van der Waals surface area contributed by atoms with Gasteiger partial charge >= 0.3 is 0 Å². The summed E-state index contributed by atoms with van der Waals surface area (Å²) in [6.07, 6.45) is 1.95. The van der Waals surface area contributed by atoms with E-state index in [0.717, 1.165) is 31.7 Å². The molecule has 2 unspecified atom stereocenters. The number of hydrogen-bond acceptors (Lipinski definition) is 3. The first-order valence-electron chi connectivity index (χ1n) is 7.45. The van der Waals surface area contributed by atoms with Gasteiger partial charge in [0.05, 0.1) is 6.61 Å². The highest BCUT2D eigenvalue weighted by Gasteiger charge is 2.23. The molecule has 0 spiro atoms. The lowest BCUT2D eigenvalue weighted by Crippen LogP contribution is -2.48. The van der Waals surface area contributed by atoms with Crippen molar-refractivity contribution in [2.45, 2.75) is 32.7 Å². The molecule has 1 aromatic rings. The largest absolute Gasteiger partial charge is 0.494 e. The lowest BCUT2D eigenvalue weighted by atomic mass is 9.95. The molecule has 1 fully saturated rings. The molecule has 0 aliphatic carbocycles. The molecule has 2 atom stereocenters. The molecule has 4 heteroatoms. The van der Waals surface area contributed by atoms with E-state index in [-0.39, 0.29) is 11.9 Å². The van der Waals surface area contributed by atoms with Gasteiger partial charge in [0.1, 0.15) is 5.75 Å². The first kappa shape index (κ1) is 14.9. The topological polar surface area (TPSA) is 50.4 Å². The molecule has 1 heterocycles. The summed E-state index contributed by atoms with van der Waals surface area (Å²) in [5, 5.41) is 6.47. The van der Waals surface area contributed by atoms with Crippen LogP contribution in [0.25, 0.3) is 0 Å². The van der Waals surface area contributed by atoms with Crippen LogP contribution in [-0.4, -0.2) is 31.6 Å². The summed E-state index contributed by atoms with van der Waals surface area (Å²) < 4.78 is 5.57. The van der Waals surface area contributed by atoms with E-state index in [0.29, 0.717) is 18.1 Å². The van der Waals surface area contributed by atoms with Crippen molar-refractivity contribution in [3.63, 3.8) is 0 Å². The van der Waals surface area contributed by atoms with Crippen molar-refractivity contribution in [1.29, 1.82) is 0 Å². The van der Waals surface area contributed by atoms with Crippen LogP contribution < -0.4 is 15.4 Å². The Morgan fingerprint density at radius 2 is 2.35 bits per heavy atom. The third-order valence-corrected chi connectivity index (χ3v) is 3.67. The number of carbonyl (C=O) groups excluding carboxylic acids is 1. The number of amides is 1. The number of nitrogens with one attached hydrogen (secondary N) is 2. The summed E-state index contributed by atoms with van der Waals surface area (Å²) >= 11 is 0. The molecule has 2 rings (SSSR count).